The number of aliphatic hydroxyl groups excluding tert-OH is 1. The lowest BCUT2D eigenvalue weighted by atomic mass is 10.9. The Morgan fingerprint density at radius 2 is 2.25 bits per heavy atom. The van der Waals surface area contributed by atoms with Gasteiger partial charge in [0.15, 0.2) is 6.39 Å². The maximum Gasteiger partial charge on any atom is 0.302 e. The molecule has 1 rings (SSSR count). The largest absolute Gasteiger partial charge is 0.480 e. The highest BCUT2D eigenvalue weighted by molar-refractivity contribution is 4.89. The molecule has 1 aromatic rings. The van der Waals surface area contributed by atoms with Crippen LogP contribution in [0.25, 0.3) is 0 Å². The van der Waals surface area contributed by atoms with E-state index in [2.05, 4.69) is 9.40 Å². The minimum atomic E-state index is -0.144. The molecule has 0 fully saturated rings. The van der Waals surface area contributed by atoms with Crippen LogP contribution in [-0.2, 0) is 0 Å². The van der Waals surface area contributed by atoms with E-state index in [1.165, 1.54) is 6.20 Å². The van der Waals surface area contributed by atoms with Gasteiger partial charge in [-0.2, -0.15) is 0 Å². The van der Waals surface area contributed by atoms with Crippen LogP contribution in [0.1, 0.15) is 0 Å². The van der Waals surface area contributed by atoms with Crippen molar-refractivity contribution in [3.8, 4) is 5.95 Å². The zero-order valence-corrected chi connectivity index (χ0v) is 4.40. The zero-order chi connectivity index (χ0) is 6.41. The molecule has 0 spiro atoms. The van der Waals surface area contributed by atoms with Crippen LogP contribution in [0.4, 0.5) is 0 Å². The molecule has 0 saturated heterocycles. The summed E-state index contributed by atoms with van der Waals surface area (Å²) < 4.78 is 4.28. The van der Waals surface area contributed by atoms with Gasteiger partial charge in [0, 0.05) is 7.11 Å². The molecule has 4 nitrogen and oxygen atoms in total. The van der Waals surface area contributed by atoms with Crippen molar-refractivity contribution in [3.05, 3.63) is 12.6 Å². The minimum Gasteiger partial charge on any atom is -0.480 e. The summed E-state index contributed by atoms with van der Waals surface area (Å²) in [5.41, 5.74) is 0. The van der Waals surface area contributed by atoms with Crippen LogP contribution in [0, 0.1) is 0 Å². The molecule has 8 heavy (non-hydrogen) atoms. The average Bonchev–Trinajstić information content (AvgIpc) is 2.24. The number of rotatable bonds is 0. The molecule has 0 aliphatic rings. The van der Waals surface area contributed by atoms with Gasteiger partial charge >= 0.3 is 5.95 Å². The SMILES string of the molecule is CO.Oc1cnco1. The quantitative estimate of drug-likeness (QED) is 0.501. The Balaban J connectivity index is 0.000000222. The molecule has 0 amide bonds. The lowest BCUT2D eigenvalue weighted by Gasteiger charge is -1.67. The third-order valence-corrected chi connectivity index (χ3v) is 0.419. The molecule has 4 heteroatoms. The lowest BCUT2D eigenvalue weighted by Crippen LogP contribution is -1.44. The molecule has 2 N–H and O–H groups in total. The van der Waals surface area contributed by atoms with Gasteiger partial charge in [-0.05, 0) is 0 Å². The summed E-state index contributed by atoms with van der Waals surface area (Å²) >= 11 is 0. The number of hydrogen-bond donors (Lipinski definition) is 2. The van der Waals surface area contributed by atoms with Crippen LogP contribution in [-0.4, -0.2) is 22.3 Å². The molecule has 1 heterocycles. The van der Waals surface area contributed by atoms with E-state index >= 15 is 0 Å². The van der Waals surface area contributed by atoms with Crippen LogP contribution < -0.4 is 0 Å². The summed E-state index contributed by atoms with van der Waals surface area (Å²) in [6.07, 6.45) is 2.38. The van der Waals surface area contributed by atoms with Gasteiger partial charge in [-0.1, -0.05) is 0 Å². The van der Waals surface area contributed by atoms with E-state index in [1.54, 1.807) is 0 Å². The third-order valence-electron chi connectivity index (χ3n) is 0.419. The average molecular weight is 117 g/mol. The topological polar surface area (TPSA) is 66.5 Å². The van der Waals surface area contributed by atoms with E-state index in [0.29, 0.717) is 0 Å². The van der Waals surface area contributed by atoms with Crippen LogP contribution in [0.5, 0.6) is 5.95 Å². The van der Waals surface area contributed by atoms with E-state index in [9.17, 15) is 0 Å². The van der Waals surface area contributed by atoms with Gasteiger partial charge in [0.2, 0.25) is 0 Å². The summed E-state index contributed by atoms with van der Waals surface area (Å²) in [4.78, 5) is 3.41. The smallest absolute Gasteiger partial charge is 0.302 e. The Hall–Kier alpha value is -1.03. The summed E-state index contributed by atoms with van der Waals surface area (Å²) in [6, 6.07) is 0. The summed E-state index contributed by atoms with van der Waals surface area (Å²) in [5, 5.41) is 15.2. The first-order valence-electron chi connectivity index (χ1n) is 1.92. The van der Waals surface area contributed by atoms with E-state index in [1.807, 2.05) is 0 Å². The highest BCUT2D eigenvalue weighted by atomic mass is 16.5. The lowest BCUT2D eigenvalue weighted by molar-refractivity contribution is 0.332. The zero-order valence-electron chi connectivity index (χ0n) is 4.40. The van der Waals surface area contributed by atoms with E-state index in [4.69, 9.17) is 10.2 Å². The van der Waals surface area contributed by atoms with Crippen LogP contribution in [0.3, 0.4) is 0 Å². The third kappa shape index (κ3) is 2.20. The van der Waals surface area contributed by atoms with Crippen LogP contribution >= 0.6 is 0 Å². The number of hydrogen-bond acceptors (Lipinski definition) is 4. The Labute approximate surface area is 46.4 Å². The predicted octanol–water partition coefficient (Wildman–Crippen LogP) is -0.0113. The highest BCUT2D eigenvalue weighted by Crippen LogP contribution is 2.00. The summed E-state index contributed by atoms with van der Waals surface area (Å²) in [6.45, 7) is 0. The first-order valence-corrected chi connectivity index (χ1v) is 1.92. The second kappa shape index (κ2) is 4.14. The maximum atomic E-state index is 8.24. The van der Waals surface area contributed by atoms with Crippen LogP contribution in [0.2, 0.25) is 0 Å². The normalized spacial score (nSPS) is 7.25. The Kier molecular flexibility index (Phi) is 3.60. The van der Waals surface area contributed by atoms with Gasteiger partial charge < -0.3 is 14.6 Å². The van der Waals surface area contributed by atoms with E-state index < -0.39 is 0 Å². The highest BCUT2D eigenvalue weighted by Gasteiger charge is 1.81. The Morgan fingerprint density at radius 1 is 1.62 bits per heavy atom. The van der Waals surface area contributed by atoms with Gasteiger partial charge in [-0.3, -0.25) is 0 Å². The van der Waals surface area contributed by atoms with E-state index in [0.717, 1.165) is 13.5 Å². The number of aliphatic hydroxyl groups is 1. The minimum absolute atomic E-state index is 0.144. The molecule has 1 aromatic heterocycles. The second-order valence-corrected chi connectivity index (χ2v) is 0.840. The van der Waals surface area contributed by atoms with Gasteiger partial charge in [-0.15, -0.1) is 0 Å². The first-order chi connectivity index (χ1) is 3.89. The van der Waals surface area contributed by atoms with Crippen molar-refractivity contribution >= 4 is 0 Å². The Morgan fingerprint density at radius 3 is 2.38 bits per heavy atom. The van der Waals surface area contributed by atoms with Crippen LogP contribution in [0.15, 0.2) is 17.0 Å². The van der Waals surface area contributed by atoms with Gasteiger partial charge in [0.05, 0.1) is 0 Å². The molecule has 0 radical (unpaired) electrons. The number of nitrogens with zero attached hydrogens (tertiary/aromatic N) is 1. The van der Waals surface area contributed by atoms with Crippen molar-refractivity contribution in [1.29, 1.82) is 0 Å². The number of oxazole rings is 1. The molecule has 0 saturated carbocycles. The van der Waals surface area contributed by atoms with Gasteiger partial charge in [-0.25, -0.2) is 4.98 Å². The fourth-order valence-electron chi connectivity index (χ4n) is 0.209. The van der Waals surface area contributed by atoms with E-state index in [-0.39, 0.29) is 5.95 Å². The maximum absolute atomic E-state index is 8.24. The standard InChI is InChI=1S/C3H3NO2.CH4O/c5-3-1-4-2-6-3;1-2/h1-2,5H;2H,1H3. The number of aromatic nitrogens is 1. The molecular weight excluding hydrogens is 110 g/mol. The van der Waals surface area contributed by atoms with Crippen molar-refractivity contribution in [3.63, 3.8) is 0 Å². The summed E-state index contributed by atoms with van der Waals surface area (Å²) in [7, 11) is 1.00. The fourth-order valence-corrected chi connectivity index (χ4v) is 0.209. The molecule has 0 aromatic carbocycles. The number of aromatic hydroxyl groups is 1. The molecule has 0 bridgehead atoms. The van der Waals surface area contributed by atoms with Crippen molar-refractivity contribution in [2.45, 2.75) is 0 Å². The molecule has 0 aliphatic heterocycles. The van der Waals surface area contributed by atoms with Crippen molar-refractivity contribution in [2.24, 2.45) is 0 Å². The first kappa shape index (κ1) is 6.97. The Bertz CT molecular complexity index is 115. The van der Waals surface area contributed by atoms with Gasteiger partial charge in [0.25, 0.3) is 0 Å². The molecule has 0 atom stereocenters. The molecular formula is C4H7NO3. The predicted molar refractivity (Wildman–Crippen MR) is 26.3 cm³/mol. The molecule has 0 unspecified atom stereocenters. The molecule has 0 aliphatic carbocycles. The second-order valence-electron chi connectivity index (χ2n) is 0.840. The van der Waals surface area contributed by atoms with Crippen molar-refractivity contribution in [2.75, 3.05) is 7.11 Å². The fraction of sp³-hybridized carbons (Fsp3) is 0.250. The van der Waals surface area contributed by atoms with Crippen molar-refractivity contribution < 1.29 is 14.6 Å². The monoisotopic (exact) mass is 117 g/mol. The van der Waals surface area contributed by atoms with Gasteiger partial charge in [0.1, 0.15) is 6.20 Å². The van der Waals surface area contributed by atoms with Crippen molar-refractivity contribution in [1.82, 2.24) is 4.98 Å². The summed E-state index contributed by atoms with van der Waals surface area (Å²) in [5.74, 6) is -0.144. The molecule has 46 valence electrons.